The lowest BCUT2D eigenvalue weighted by Crippen LogP contribution is -2.20. The Balaban J connectivity index is 2.44. The van der Waals surface area contributed by atoms with E-state index >= 15 is 0 Å². The summed E-state index contributed by atoms with van der Waals surface area (Å²) in [6, 6.07) is 0. The number of alkyl halides is 3. The van der Waals surface area contributed by atoms with Crippen LogP contribution in [0.25, 0.3) is 0 Å². The molecule has 0 fully saturated rings. The second kappa shape index (κ2) is 3.04. The zero-order valence-corrected chi connectivity index (χ0v) is 6.27. The number of rotatable bonds is 2. The Morgan fingerprint density at radius 1 is 1.58 bits per heavy atom. The molecule has 0 aliphatic carbocycles. The minimum atomic E-state index is -4.24. The molecule has 0 saturated heterocycles. The first kappa shape index (κ1) is 8.89. The molecule has 12 heavy (non-hydrogen) atoms. The summed E-state index contributed by atoms with van der Waals surface area (Å²) in [5.41, 5.74) is 0. The lowest BCUT2D eigenvalue weighted by atomic mass is 10.6. The maximum atomic E-state index is 11.6. The molecule has 1 heterocycles. The topological polar surface area (TPSA) is 38.1 Å². The van der Waals surface area contributed by atoms with Gasteiger partial charge in [0, 0.05) is 6.92 Å². The Morgan fingerprint density at radius 3 is 2.67 bits per heavy atom. The molecule has 1 rings (SSSR count). The van der Waals surface area contributed by atoms with Gasteiger partial charge < -0.3 is 9.73 Å². The zero-order valence-electron chi connectivity index (χ0n) is 6.27. The van der Waals surface area contributed by atoms with E-state index in [1.807, 2.05) is 0 Å². The Morgan fingerprint density at radius 2 is 2.25 bits per heavy atom. The second-order valence-electron chi connectivity index (χ2n) is 2.21. The van der Waals surface area contributed by atoms with Crippen LogP contribution in [0.4, 0.5) is 19.1 Å². The first-order valence-corrected chi connectivity index (χ1v) is 3.20. The molecule has 0 saturated carbocycles. The van der Waals surface area contributed by atoms with Crippen molar-refractivity contribution in [3.05, 3.63) is 12.1 Å². The molecule has 0 unspecified atom stereocenters. The molecular formula is C6H7F3N2O. The number of anilines is 1. The van der Waals surface area contributed by atoms with Crippen molar-refractivity contribution < 1.29 is 17.6 Å². The highest BCUT2D eigenvalue weighted by molar-refractivity contribution is 5.27. The quantitative estimate of drug-likeness (QED) is 0.755. The summed E-state index contributed by atoms with van der Waals surface area (Å²) in [7, 11) is 0. The molecular weight excluding hydrogens is 173 g/mol. The van der Waals surface area contributed by atoms with Gasteiger partial charge in [-0.05, 0) is 0 Å². The van der Waals surface area contributed by atoms with Crippen molar-refractivity contribution in [1.82, 2.24) is 4.98 Å². The summed E-state index contributed by atoms with van der Waals surface area (Å²) in [5.74, 6) is 0.365. The van der Waals surface area contributed by atoms with Crippen LogP contribution in [0, 0.1) is 6.92 Å². The van der Waals surface area contributed by atoms with Gasteiger partial charge in [0.2, 0.25) is 5.88 Å². The largest absolute Gasteiger partial charge is 0.426 e. The van der Waals surface area contributed by atoms with Gasteiger partial charge in [-0.15, -0.1) is 0 Å². The van der Waals surface area contributed by atoms with E-state index in [9.17, 15) is 13.2 Å². The SMILES string of the molecule is Cc1ncc(NCC(F)(F)F)o1. The third kappa shape index (κ3) is 2.81. The van der Waals surface area contributed by atoms with Crippen LogP contribution in [0.2, 0.25) is 0 Å². The number of oxazole rings is 1. The van der Waals surface area contributed by atoms with Gasteiger partial charge in [-0.25, -0.2) is 4.98 Å². The van der Waals surface area contributed by atoms with Crippen molar-refractivity contribution in [2.75, 3.05) is 11.9 Å². The van der Waals surface area contributed by atoms with Gasteiger partial charge in [-0.3, -0.25) is 0 Å². The molecule has 0 spiro atoms. The van der Waals surface area contributed by atoms with E-state index < -0.39 is 12.7 Å². The fourth-order valence-corrected chi connectivity index (χ4v) is 0.630. The molecule has 1 N–H and O–H groups in total. The predicted molar refractivity (Wildman–Crippen MR) is 35.8 cm³/mol. The van der Waals surface area contributed by atoms with Gasteiger partial charge in [0.25, 0.3) is 0 Å². The smallest absolute Gasteiger partial charge is 0.405 e. The van der Waals surface area contributed by atoms with Gasteiger partial charge >= 0.3 is 6.18 Å². The molecule has 0 aromatic carbocycles. The Kier molecular flexibility index (Phi) is 2.25. The summed E-state index contributed by atoms with van der Waals surface area (Å²) in [5, 5.41) is 2.05. The standard InChI is InChI=1S/C6H7F3N2O/c1-4-10-2-5(12-4)11-3-6(7,8)9/h2,11H,3H2,1H3. The molecule has 68 valence electrons. The highest BCUT2D eigenvalue weighted by Crippen LogP contribution is 2.16. The Hall–Kier alpha value is -1.20. The van der Waals surface area contributed by atoms with Crippen LogP contribution in [-0.4, -0.2) is 17.7 Å². The van der Waals surface area contributed by atoms with E-state index in [1.54, 1.807) is 6.92 Å². The van der Waals surface area contributed by atoms with Crippen LogP contribution in [0.15, 0.2) is 10.6 Å². The molecule has 0 atom stereocenters. The Bertz CT molecular complexity index is 256. The monoisotopic (exact) mass is 180 g/mol. The molecule has 3 nitrogen and oxygen atoms in total. The number of nitrogens with one attached hydrogen (secondary N) is 1. The fraction of sp³-hybridized carbons (Fsp3) is 0.500. The maximum Gasteiger partial charge on any atom is 0.405 e. The molecule has 0 aliphatic rings. The minimum Gasteiger partial charge on any atom is -0.426 e. The van der Waals surface area contributed by atoms with E-state index in [-0.39, 0.29) is 5.88 Å². The third-order valence-electron chi connectivity index (χ3n) is 1.08. The van der Waals surface area contributed by atoms with Crippen molar-refractivity contribution in [3.8, 4) is 0 Å². The van der Waals surface area contributed by atoms with Crippen molar-refractivity contribution in [1.29, 1.82) is 0 Å². The van der Waals surface area contributed by atoms with Gasteiger partial charge in [0.05, 0.1) is 6.20 Å². The molecule has 0 bridgehead atoms. The lowest BCUT2D eigenvalue weighted by Gasteiger charge is -2.05. The lowest BCUT2D eigenvalue weighted by molar-refractivity contribution is -0.115. The van der Waals surface area contributed by atoms with Crippen LogP contribution in [0.3, 0.4) is 0 Å². The average molecular weight is 180 g/mol. The minimum absolute atomic E-state index is 0.0322. The number of nitrogens with zero attached hydrogens (tertiary/aromatic N) is 1. The van der Waals surface area contributed by atoms with Crippen LogP contribution in [0.5, 0.6) is 0 Å². The van der Waals surface area contributed by atoms with Crippen LogP contribution in [0.1, 0.15) is 5.89 Å². The van der Waals surface area contributed by atoms with Crippen LogP contribution < -0.4 is 5.32 Å². The predicted octanol–water partition coefficient (Wildman–Crippen LogP) is 1.96. The first-order valence-electron chi connectivity index (χ1n) is 3.20. The molecule has 0 radical (unpaired) electrons. The van der Waals surface area contributed by atoms with Crippen molar-refractivity contribution in [2.24, 2.45) is 0 Å². The maximum absolute atomic E-state index is 11.6. The number of hydrogen-bond acceptors (Lipinski definition) is 3. The first-order chi connectivity index (χ1) is 5.47. The average Bonchev–Trinajstić information content (AvgIpc) is 2.30. The van der Waals surface area contributed by atoms with E-state index in [1.165, 1.54) is 6.20 Å². The van der Waals surface area contributed by atoms with Gasteiger partial charge in [0.1, 0.15) is 6.54 Å². The fourth-order valence-electron chi connectivity index (χ4n) is 0.630. The van der Waals surface area contributed by atoms with Gasteiger partial charge in [-0.1, -0.05) is 0 Å². The van der Waals surface area contributed by atoms with E-state index in [4.69, 9.17) is 4.42 Å². The third-order valence-corrected chi connectivity index (χ3v) is 1.08. The Labute approximate surface area is 66.6 Å². The van der Waals surface area contributed by atoms with E-state index in [0.717, 1.165) is 0 Å². The number of halogens is 3. The van der Waals surface area contributed by atoms with Gasteiger partial charge in [0.15, 0.2) is 5.89 Å². The summed E-state index contributed by atoms with van der Waals surface area (Å²) >= 11 is 0. The zero-order chi connectivity index (χ0) is 9.19. The summed E-state index contributed by atoms with van der Waals surface area (Å²) in [4.78, 5) is 3.62. The summed E-state index contributed by atoms with van der Waals surface area (Å²) < 4.78 is 39.6. The van der Waals surface area contributed by atoms with Crippen molar-refractivity contribution >= 4 is 5.88 Å². The van der Waals surface area contributed by atoms with E-state index in [2.05, 4.69) is 10.3 Å². The normalized spacial score (nSPS) is 11.7. The van der Waals surface area contributed by atoms with E-state index in [0.29, 0.717) is 5.89 Å². The highest BCUT2D eigenvalue weighted by Gasteiger charge is 2.27. The van der Waals surface area contributed by atoms with Crippen molar-refractivity contribution in [3.63, 3.8) is 0 Å². The molecule has 1 aromatic rings. The summed E-state index contributed by atoms with van der Waals surface area (Å²) in [6.07, 6.45) is -3.03. The van der Waals surface area contributed by atoms with Gasteiger partial charge in [-0.2, -0.15) is 13.2 Å². The summed E-state index contributed by atoms with van der Waals surface area (Å²) in [6.45, 7) is 0.445. The van der Waals surface area contributed by atoms with Crippen LogP contribution in [-0.2, 0) is 0 Å². The molecule has 0 aliphatic heterocycles. The van der Waals surface area contributed by atoms with Crippen molar-refractivity contribution in [2.45, 2.75) is 13.1 Å². The number of aromatic nitrogens is 1. The molecule has 1 aromatic heterocycles. The molecule has 0 amide bonds. The number of hydrogen-bond donors (Lipinski definition) is 1. The number of aryl methyl sites for hydroxylation is 1. The highest BCUT2D eigenvalue weighted by atomic mass is 19.4. The van der Waals surface area contributed by atoms with Crippen LogP contribution >= 0.6 is 0 Å². The second-order valence-corrected chi connectivity index (χ2v) is 2.21. The molecule has 6 heteroatoms.